The maximum atomic E-state index is 12.3. The van der Waals surface area contributed by atoms with Crippen LogP contribution in [0.2, 0.25) is 5.02 Å². The van der Waals surface area contributed by atoms with Crippen LogP contribution in [0, 0.1) is 0 Å². The molecule has 122 valence electrons. The minimum atomic E-state index is -0.323. The molecule has 1 aliphatic heterocycles. The second-order valence-electron chi connectivity index (χ2n) is 5.45. The molecule has 0 saturated carbocycles. The van der Waals surface area contributed by atoms with Crippen molar-refractivity contribution in [1.82, 2.24) is 10.3 Å². The van der Waals surface area contributed by atoms with E-state index in [4.69, 9.17) is 16.3 Å². The number of nitrogens with zero attached hydrogens (tertiary/aromatic N) is 1. The van der Waals surface area contributed by atoms with Gasteiger partial charge in [-0.25, -0.2) is 0 Å². The molecule has 1 unspecified atom stereocenters. The number of fused-ring (bicyclic) bond motifs is 1. The normalized spacial score (nSPS) is 14.2. The molecule has 1 amide bonds. The lowest BCUT2D eigenvalue weighted by molar-refractivity contribution is -0.121. The number of thiazole rings is 1. The fourth-order valence-corrected chi connectivity index (χ4v) is 3.62. The highest BCUT2D eigenvalue weighted by Crippen LogP contribution is 2.33. The first-order valence-electron chi connectivity index (χ1n) is 7.37. The molecule has 0 spiro atoms. The van der Waals surface area contributed by atoms with Crippen molar-refractivity contribution in [3.8, 4) is 5.75 Å². The van der Waals surface area contributed by atoms with Crippen LogP contribution in [0.4, 0.5) is 0 Å². The number of aliphatic hydroxyl groups is 1. The van der Waals surface area contributed by atoms with Crippen molar-refractivity contribution in [3.63, 3.8) is 0 Å². The summed E-state index contributed by atoms with van der Waals surface area (Å²) in [5.41, 5.74) is 3.57. The molecule has 7 heteroatoms. The van der Waals surface area contributed by atoms with Crippen molar-refractivity contribution in [2.24, 2.45) is 0 Å². The Morgan fingerprint density at radius 3 is 3.13 bits per heavy atom. The summed E-state index contributed by atoms with van der Waals surface area (Å²) in [6, 6.07) is 3.32. The molecular weight excluding hydrogens is 336 g/mol. The Balaban J connectivity index is 1.65. The van der Waals surface area contributed by atoms with Crippen LogP contribution in [-0.2, 0) is 24.1 Å². The number of aromatic nitrogens is 1. The van der Waals surface area contributed by atoms with Gasteiger partial charge >= 0.3 is 0 Å². The SMILES string of the molecule is O=C(Cc1cc(Cl)cc2c1OCC2)NC(CO)Cc1cncs1. The largest absolute Gasteiger partial charge is 0.493 e. The van der Waals surface area contributed by atoms with Gasteiger partial charge in [0.1, 0.15) is 5.75 Å². The Labute approximate surface area is 143 Å². The van der Waals surface area contributed by atoms with Crippen LogP contribution in [-0.4, -0.2) is 35.3 Å². The van der Waals surface area contributed by atoms with E-state index < -0.39 is 0 Å². The van der Waals surface area contributed by atoms with E-state index in [9.17, 15) is 9.90 Å². The smallest absolute Gasteiger partial charge is 0.224 e. The molecule has 5 nitrogen and oxygen atoms in total. The van der Waals surface area contributed by atoms with E-state index in [0.717, 1.165) is 28.2 Å². The summed E-state index contributed by atoms with van der Waals surface area (Å²) in [6.45, 7) is 0.503. The van der Waals surface area contributed by atoms with Crippen LogP contribution in [0.25, 0.3) is 0 Å². The predicted octanol–water partition coefficient (Wildman–Crippen LogP) is 1.99. The van der Waals surface area contributed by atoms with Gasteiger partial charge in [0.2, 0.25) is 5.91 Å². The third-order valence-electron chi connectivity index (χ3n) is 3.69. The van der Waals surface area contributed by atoms with Gasteiger partial charge in [-0.2, -0.15) is 0 Å². The monoisotopic (exact) mass is 352 g/mol. The minimum absolute atomic E-state index is 0.117. The van der Waals surface area contributed by atoms with Crippen molar-refractivity contribution < 1.29 is 14.6 Å². The number of nitrogens with one attached hydrogen (secondary N) is 1. The van der Waals surface area contributed by atoms with Crippen LogP contribution in [0.3, 0.4) is 0 Å². The summed E-state index contributed by atoms with van der Waals surface area (Å²) in [5, 5.41) is 12.9. The molecule has 2 heterocycles. The van der Waals surface area contributed by atoms with E-state index in [1.54, 1.807) is 17.8 Å². The van der Waals surface area contributed by atoms with Crippen LogP contribution in [0.15, 0.2) is 23.8 Å². The van der Waals surface area contributed by atoms with E-state index in [1.807, 2.05) is 6.07 Å². The summed E-state index contributed by atoms with van der Waals surface area (Å²) in [4.78, 5) is 17.3. The number of amides is 1. The lowest BCUT2D eigenvalue weighted by atomic mass is 10.0. The van der Waals surface area contributed by atoms with Crippen LogP contribution < -0.4 is 10.1 Å². The lowest BCUT2D eigenvalue weighted by Crippen LogP contribution is -2.39. The number of ether oxygens (including phenoxy) is 1. The molecule has 1 aromatic carbocycles. The van der Waals surface area contributed by atoms with E-state index in [1.165, 1.54) is 11.3 Å². The second-order valence-corrected chi connectivity index (χ2v) is 6.85. The van der Waals surface area contributed by atoms with Crippen molar-refractivity contribution in [2.45, 2.75) is 25.3 Å². The minimum Gasteiger partial charge on any atom is -0.493 e. The average Bonchev–Trinajstić information content (AvgIpc) is 3.17. The molecule has 1 aromatic heterocycles. The van der Waals surface area contributed by atoms with Gasteiger partial charge in [0, 0.05) is 34.5 Å². The van der Waals surface area contributed by atoms with Crippen molar-refractivity contribution in [3.05, 3.63) is 44.9 Å². The highest BCUT2D eigenvalue weighted by molar-refractivity contribution is 7.09. The van der Waals surface area contributed by atoms with Crippen LogP contribution in [0.1, 0.15) is 16.0 Å². The first-order chi connectivity index (χ1) is 11.2. The van der Waals surface area contributed by atoms with Gasteiger partial charge in [0.05, 0.1) is 31.2 Å². The third-order valence-corrected chi connectivity index (χ3v) is 4.71. The summed E-state index contributed by atoms with van der Waals surface area (Å²) < 4.78 is 5.61. The molecule has 2 N–H and O–H groups in total. The number of hydrogen-bond acceptors (Lipinski definition) is 5. The number of carbonyl (C=O) groups excluding carboxylic acids is 1. The fourth-order valence-electron chi connectivity index (χ4n) is 2.68. The second kappa shape index (κ2) is 7.29. The van der Waals surface area contributed by atoms with Gasteiger partial charge in [-0.1, -0.05) is 11.6 Å². The highest BCUT2D eigenvalue weighted by atomic mass is 35.5. The predicted molar refractivity (Wildman–Crippen MR) is 89.2 cm³/mol. The summed E-state index contributed by atoms with van der Waals surface area (Å²) >= 11 is 7.61. The topological polar surface area (TPSA) is 71.5 Å². The maximum Gasteiger partial charge on any atom is 0.224 e. The van der Waals surface area contributed by atoms with Crippen molar-refractivity contribution >= 4 is 28.8 Å². The number of aliphatic hydroxyl groups excluding tert-OH is 1. The summed E-state index contributed by atoms with van der Waals surface area (Å²) in [7, 11) is 0. The summed E-state index contributed by atoms with van der Waals surface area (Å²) in [5.74, 6) is 0.612. The molecule has 1 aliphatic rings. The molecule has 1 atom stereocenters. The molecule has 0 fully saturated rings. The molecule has 3 rings (SSSR count). The van der Waals surface area contributed by atoms with Gasteiger partial charge in [-0.3, -0.25) is 9.78 Å². The number of rotatable bonds is 6. The van der Waals surface area contributed by atoms with E-state index in [2.05, 4.69) is 10.3 Å². The molecular formula is C16H17ClN2O3S. The van der Waals surface area contributed by atoms with Gasteiger partial charge < -0.3 is 15.2 Å². The highest BCUT2D eigenvalue weighted by Gasteiger charge is 2.20. The Morgan fingerprint density at radius 1 is 1.52 bits per heavy atom. The third kappa shape index (κ3) is 4.02. The maximum absolute atomic E-state index is 12.3. The standard InChI is InChI=1S/C16H17ClN2O3S/c17-12-3-10-1-2-22-16(10)11(4-12)5-15(21)19-13(8-20)6-14-7-18-9-23-14/h3-4,7,9,13,20H,1-2,5-6,8H2,(H,19,21). The van der Waals surface area contributed by atoms with Crippen LogP contribution in [0.5, 0.6) is 5.75 Å². The lowest BCUT2D eigenvalue weighted by Gasteiger charge is -2.16. The molecule has 23 heavy (non-hydrogen) atoms. The van der Waals surface area contributed by atoms with Gasteiger partial charge in [0.15, 0.2) is 0 Å². The zero-order chi connectivity index (χ0) is 16.2. The van der Waals surface area contributed by atoms with Gasteiger partial charge in [0.25, 0.3) is 0 Å². The molecule has 2 aromatic rings. The first-order valence-corrected chi connectivity index (χ1v) is 8.63. The van der Waals surface area contributed by atoms with Crippen molar-refractivity contribution in [1.29, 1.82) is 0 Å². The van der Waals surface area contributed by atoms with E-state index in [0.29, 0.717) is 18.1 Å². The Kier molecular flexibility index (Phi) is 5.15. The van der Waals surface area contributed by atoms with E-state index >= 15 is 0 Å². The first kappa shape index (κ1) is 16.2. The average molecular weight is 353 g/mol. The Hall–Kier alpha value is -1.63. The Morgan fingerprint density at radius 2 is 2.39 bits per heavy atom. The number of hydrogen-bond donors (Lipinski definition) is 2. The molecule has 0 saturated heterocycles. The quantitative estimate of drug-likeness (QED) is 0.834. The number of halogens is 1. The van der Waals surface area contributed by atoms with Gasteiger partial charge in [-0.15, -0.1) is 11.3 Å². The number of benzene rings is 1. The zero-order valence-corrected chi connectivity index (χ0v) is 14.0. The fraction of sp³-hybridized carbons (Fsp3) is 0.375. The zero-order valence-electron chi connectivity index (χ0n) is 12.4. The van der Waals surface area contributed by atoms with E-state index in [-0.39, 0.29) is 25.0 Å². The van der Waals surface area contributed by atoms with Crippen LogP contribution >= 0.6 is 22.9 Å². The summed E-state index contributed by atoms with van der Waals surface area (Å²) in [6.07, 6.45) is 3.31. The van der Waals surface area contributed by atoms with Gasteiger partial charge in [-0.05, 0) is 17.7 Å². The molecule has 0 radical (unpaired) electrons. The molecule has 0 aliphatic carbocycles. The van der Waals surface area contributed by atoms with Crippen molar-refractivity contribution in [2.75, 3.05) is 13.2 Å². The molecule has 0 bridgehead atoms. The number of carbonyl (C=O) groups is 1. The Bertz CT molecular complexity index is 691.